The minimum absolute atomic E-state index is 0.00569. The highest BCUT2D eigenvalue weighted by Gasteiger charge is 2.34. The van der Waals surface area contributed by atoms with Gasteiger partial charge in [-0.2, -0.15) is 0 Å². The molecule has 1 amide bonds. The van der Waals surface area contributed by atoms with Gasteiger partial charge in [0.1, 0.15) is 11.2 Å². The van der Waals surface area contributed by atoms with Crippen molar-refractivity contribution in [2.75, 3.05) is 15.4 Å². The van der Waals surface area contributed by atoms with E-state index >= 15 is 0 Å². The number of rotatable bonds is 5. The van der Waals surface area contributed by atoms with Gasteiger partial charge in [-0.05, 0) is 61.0 Å². The molecule has 154 valence electrons. The Labute approximate surface area is 179 Å². The number of anilines is 2. The van der Waals surface area contributed by atoms with E-state index in [0.717, 1.165) is 28.9 Å². The zero-order valence-electron chi connectivity index (χ0n) is 16.1. The van der Waals surface area contributed by atoms with Gasteiger partial charge in [-0.1, -0.05) is 29.8 Å². The number of hydrogen-bond acceptors (Lipinski definition) is 4. The smallest absolute Gasteiger partial charge is 0.261 e. The second-order valence-electron chi connectivity index (χ2n) is 6.95. The van der Waals surface area contributed by atoms with Crippen molar-refractivity contribution in [3.05, 3.63) is 89.7 Å². The van der Waals surface area contributed by atoms with Gasteiger partial charge in [0, 0.05) is 11.4 Å². The van der Waals surface area contributed by atoms with E-state index < -0.39 is 15.8 Å². The fourth-order valence-corrected chi connectivity index (χ4v) is 5.46. The fraction of sp³-hybridized carbons (Fsp3) is 0.136. The molecule has 0 spiro atoms. The van der Waals surface area contributed by atoms with Crippen LogP contribution in [0.2, 0.25) is 0 Å². The summed E-state index contributed by atoms with van der Waals surface area (Å²) in [5.74, 6) is -0.148. The lowest BCUT2D eigenvalue weighted by atomic mass is 10.1. The summed E-state index contributed by atoms with van der Waals surface area (Å²) in [5.41, 5.74) is 3.09. The second kappa shape index (κ2) is 8.12. The molecule has 4 rings (SSSR count). The summed E-state index contributed by atoms with van der Waals surface area (Å²) in [5, 5.41) is -0.254. The van der Waals surface area contributed by atoms with Gasteiger partial charge >= 0.3 is 0 Å². The van der Waals surface area contributed by atoms with Crippen LogP contribution in [0.3, 0.4) is 0 Å². The molecule has 1 N–H and O–H groups in total. The number of amides is 1. The maximum absolute atomic E-state index is 13.1. The van der Waals surface area contributed by atoms with Crippen LogP contribution >= 0.6 is 11.8 Å². The van der Waals surface area contributed by atoms with Crippen molar-refractivity contribution in [1.29, 1.82) is 0 Å². The minimum atomic E-state index is -3.86. The first-order chi connectivity index (χ1) is 14.3. The molecule has 5 nitrogen and oxygen atoms in total. The number of sulfonamides is 1. The molecule has 1 atom stereocenters. The van der Waals surface area contributed by atoms with Crippen LogP contribution in [0, 0.1) is 12.7 Å². The first kappa shape index (κ1) is 20.4. The van der Waals surface area contributed by atoms with Crippen molar-refractivity contribution in [2.45, 2.75) is 17.2 Å². The molecule has 0 aromatic heterocycles. The van der Waals surface area contributed by atoms with Crippen molar-refractivity contribution in [3.63, 3.8) is 0 Å². The van der Waals surface area contributed by atoms with Crippen LogP contribution in [-0.2, 0) is 14.8 Å². The molecule has 1 unspecified atom stereocenters. The van der Waals surface area contributed by atoms with E-state index in [4.69, 9.17) is 0 Å². The van der Waals surface area contributed by atoms with Crippen molar-refractivity contribution in [2.24, 2.45) is 0 Å². The Morgan fingerprint density at radius 2 is 1.73 bits per heavy atom. The van der Waals surface area contributed by atoms with Crippen LogP contribution in [0.15, 0.2) is 77.7 Å². The van der Waals surface area contributed by atoms with Crippen LogP contribution in [-0.4, -0.2) is 20.1 Å². The SMILES string of the molecule is Cc1ccc(N2C(=O)CSC2c2cccc(NS(=O)(=O)c3ccc(F)cc3)c2)cc1. The number of thioether (sulfide) groups is 1. The molecule has 0 saturated carbocycles. The molecule has 1 fully saturated rings. The molecule has 3 aromatic rings. The zero-order valence-corrected chi connectivity index (χ0v) is 17.7. The number of benzene rings is 3. The third-order valence-electron chi connectivity index (χ3n) is 4.73. The Bertz CT molecular complexity index is 1180. The maximum Gasteiger partial charge on any atom is 0.261 e. The Morgan fingerprint density at radius 3 is 2.43 bits per heavy atom. The highest BCUT2D eigenvalue weighted by atomic mass is 32.2. The summed E-state index contributed by atoms with van der Waals surface area (Å²) in [7, 11) is -3.86. The summed E-state index contributed by atoms with van der Waals surface area (Å²) < 4.78 is 40.9. The van der Waals surface area contributed by atoms with Crippen molar-refractivity contribution >= 4 is 39.1 Å². The van der Waals surface area contributed by atoms with Crippen LogP contribution < -0.4 is 9.62 Å². The zero-order chi connectivity index (χ0) is 21.3. The summed E-state index contributed by atoms with van der Waals surface area (Å²) in [6.07, 6.45) is 0. The second-order valence-corrected chi connectivity index (χ2v) is 9.70. The quantitative estimate of drug-likeness (QED) is 0.621. The van der Waals surface area contributed by atoms with E-state index in [9.17, 15) is 17.6 Å². The number of carbonyl (C=O) groups is 1. The molecular weight excluding hydrogens is 423 g/mol. The van der Waals surface area contributed by atoms with E-state index in [1.165, 1.54) is 23.9 Å². The van der Waals surface area contributed by atoms with Crippen LogP contribution in [0.4, 0.5) is 15.8 Å². The highest BCUT2D eigenvalue weighted by Crippen LogP contribution is 2.42. The number of carbonyl (C=O) groups excluding carboxylic acids is 1. The molecular formula is C22H19FN2O3S2. The van der Waals surface area contributed by atoms with E-state index in [2.05, 4.69) is 4.72 Å². The van der Waals surface area contributed by atoms with Crippen molar-refractivity contribution in [1.82, 2.24) is 0 Å². The first-order valence-corrected chi connectivity index (χ1v) is 11.8. The third kappa shape index (κ3) is 4.20. The summed E-state index contributed by atoms with van der Waals surface area (Å²) in [4.78, 5) is 14.2. The minimum Gasteiger partial charge on any atom is -0.295 e. The highest BCUT2D eigenvalue weighted by molar-refractivity contribution is 8.00. The lowest BCUT2D eigenvalue weighted by Crippen LogP contribution is -2.27. The normalized spacial score (nSPS) is 16.7. The Balaban J connectivity index is 1.62. The molecule has 0 radical (unpaired) electrons. The summed E-state index contributed by atoms with van der Waals surface area (Å²) in [6, 6.07) is 19.3. The molecule has 0 aliphatic carbocycles. The molecule has 1 saturated heterocycles. The van der Waals surface area contributed by atoms with Gasteiger partial charge in [-0.15, -0.1) is 11.8 Å². The largest absolute Gasteiger partial charge is 0.295 e. The molecule has 30 heavy (non-hydrogen) atoms. The van der Waals surface area contributed by atoms with Gasteiger partial charge in [-0.3, -0.25) is 14.4 Å². The molecule has 1 aliphatic heterocycles. The molecule has 1 aliphatic rings. The van der Waals surface area contributed by atoms with E-state index in [1.54, 1.807) is 23.1 Å². The van der Waals surface area contributed by atoms with Gasteiger partial charge in [0.05, 0.1) is 10.6 Å². The molecule has 0 bridgehead atoms. The lowest BCUT2D eigenvalue weighted by Gasteiger charge is -2.25. The van der Waals surface area contributed by atoms with E-state index in [0.29, 0.717) is 11.4 Å². The Morgan fingerprint density at radius 1 is 1.03 bits per heavy atom. The van der Waals surface area contributed by atoms with Crippen LogP contribution in [0.25, 0.3) is 0 Å². The topological polar surface area (TPSA) is 66.5 Å². The third-order valence-corrected chi connectivity index (χ3v) is 7.34. The molecule has 3 aromatic carbocycles. The van der Waals surface area contributed by atoms with Crippen molar-refractivity contribution < 1.29 is 17.6 Å². The average molecular weight is 443 g/mol. The van der Waals surface area contributed by atoms with Crippen LogP contribution in [0.5, 0.6) is 0 Å². The summed E-state index contributed by atoms with van der Waals surface area (Å²) in [6.45, 7) is 1.98. The van der Waals surface area contributed by atoms with Gasteiger partial charge in [0.15, 0.2) is 0 Å². The van der Waals surface area contributed by atoms with Gasteiger partial charge in [-0.25, -0.2) is 12.8 Å². The Kier molecular flexibility index (Phi) is 5.53. The number of halogens is 1. The Hall–Kier alpha value is -2.84. The number of nitrogens with zero attached hydrogens (tertiary/aromatic N) is 1. The van der Waals surface area contributed by atoms with Crippen LogP contribution in [0.1, 0.15) is 16.5 Å². The fourth-order valence-electron chi connectivity index (χ4n) is 3.24. The number of hydrogen-bond donors (Lipinski definition) is 1. The molecule has 8 heteroatoms. The lowest BCUT2D eigenvalue weighted by molar-refractivity contribution is -0.115. The predicted octanol–water partition coefficient (Wildman–Crippen LogP) is 4.71. The average Bonchev–Trinajstić information content (AvgIpc) is 3.10. The van der Waals surface area contributed by atoms with Gasteiger partial charge in [0.2, 0.25) is 5.91 Å². The standard InChI is InChI=1S/C22H19FN2O3S2/c1-15-5-9-19(10-6-15)25-21(26)14-29-22(25)16-3-2-4-18(13-16)24-30(27,28)20-11-7-17(23)8-12-20/h2-13,22,24H,14H2,1H3. The van der Waals surface area contributed by atoms with Gasteiger partial charge in [0.25, 0.3) is 10.0 Å². The number of nitrogens with one attached hydrogen (secondary N) is 1. The van der Waals surface area contributed by atoms with E-state index in [1.807, 2.05) is 37.3 Å². The summed E-state index contributed by atoms with van der Waals surface area (Å²) >= 11 is 1.49. The monoisotopic (exact) mass is 442 g/mol. The number of aryl methyl sites for hydroxylation is 1. The van der Waals surface area contributed by atoms with E-state index in [-0.39, 0.29) is 16.2 Å². The molecule has 1 heterocycles. The first-order valence-electron chi connectivity index (χ1n) is 9.22. The van der Waals surface area contributed by atoms with Gasteiger partial charge < -0.3 is 0 Å². The maximum atomic E-state index is 13.1. The van der Waals surface area contributed by atoms with Crippen molar-refractivity contribution in [3.8, 4) is 0 Å². The predicted molar refractivity (Wildman–Crippen MR) is 118 cm³/mol.